The summed E-state index contributed by atoms with van der Waals surface area (Å²) in [5.74, 6) is -1.49. The fourth-order valence-corrected chi connectivity index (χ4v) is 1.37. The van der Waals surface area contributed by atoms with Crippen LogP contribution in [0, 0.1) is 12.7 Å². The molecule has 94 valence electrons. The number of carbonyl (C=O) groups excluding carboxylic acids is 1. The van der Waals surface area contributed by atoms with Gasteiger partial charge in [-0.3, -0.25) is 4.98 Å². The Labute approximate surface area is 97.9 Å². The van der Waals surface area contributed by atoms with Crippen molar-refractivity contribution in [1.82, 2.24) is 4.98 Å². The van der Waals surface area contributed by atoms with Gasteiger partial charge in [0.05, 0.1) is 18.5 Å². The van der Waals surface area contributed by atoms with Crippen LogP contribution in [0.2, 0.25) is 0 Å². The lowest BCUT2D eigenvalue weighted by atomic mass is 10.1. The number of aliphatic hydroxyl groups is 2. The summed E-state index contributed by atoms with van der Waals surface area (Å²) >= 11 is 0. The average molecular weight is 243 g/mol. The van der Waals surface area contributed by atoms with Crippen molar-refractivity contribution in [2.75, 3.05) is 6.61 Å². The second-order valence-electron chi connectivity index (χ2n) is 3.50. The number of carbonyl (C=O) groups is 1. The number of ether oxygens (including phenoxy) is 1. The van der Waals surface area contributed by atoms with Crippen LogP contribution in [0.1, 0.15) is 24.3 Å². The van der Waals surface area contributed by atoms with Crippen molar-refractivity contribution in [3.63, 3.8) is 0 Å². The highest BCUT2D eigenvalue weighted by Crippen LogP contribution is 2.19. The third kappa shape index (κ3) is 3.21. The second kappa shape index (κ2) is 5.70. The Morgan fingerprint density at radius 2 is 2.24 bits per heavy atom. The van der Waals surface area contributed by atoms with E-state index in [4.69, 9.17) is 0 Å². The van der Waals surface area contributed by atoms with Crippen LogP contribution in [-0.4, -0.2) is 33.9 Å². The zero-order chi connectivity index (χ0) is 13.0. The van der Waals surface area contributed by atoms with Gasteiger partial charge >= 0.3 is 5.97 Å². The molecule has 1 rings (SSSR count). The molecule has 2 atom stereocenters. The number of rotatable bonds is 4. The van der Waals surface area contributed by atoms with Crippen molar-refractivity contribution in [3.8, 4) is 0 Å². The van der Waals surface area contributed by atoms with Crippen molar-refractivity contribution >= 4 is 5.97 Å². The van der Waals surface area contributed by atoms with E-state index in [1.807, 2.05) is 0 Å². The lowest BCUT2D eigenvalue weighted by molar-refractivity contribution is -0.159. The number of aryl methyl sites for hydroxylation is 1. The van der Waals surface area contributed by atoms with Crippen LogP contribution in [0.25, 0.3) is 0 Å². The zero-order valence-corrected chi connectivity index (χ0v) is 9.55. The van der Waals surface area contributed by atoms with Gasteiger partial charge in [-0.15, -0.1) is 0 Å². The molecule has 0 saturated carbocycles. The fourth-order valence-electron chi connectivity index (χ4n) is 1.37. The topological polar surface area (TPSA) is 79.7 Å². The number of nitrogens with zero attached hydrogens (tertiary/aromatic N) is 1. The number of halogens is 1. The van der Waals surface area contributed by atoms with Crippen LogP contribution >= 0.6 is 0 Å². The molecular weight excluding hydrogens is 229 g/mol. The van der Waals surface area contributed by atoms with E-state index < -0.39 is 24.0 Å². The van der Waals surface area contributed by atoms with Crippen molar-refractivity contribution in [2.45, 2.75) is 26.1 Å². The summed E-state index contributed by atoms with van der Waals surface area (Å²) < 4.78 is 17.4. The summed E-state index contributed by atoms with van der Waals surface area (Å²) in [5, 5.41) is 19.2. The molecule has 0 saturated heterocycles. The Balaban J connectivity index is 2.88. The summed E-state index contributed by atoms with van der Waals surface area (Å²) in [6, 6.07) is 1.16. The second-order valence-corrected chi connectivity index (χ2v) is 3.50. The van der Waals surface area contributed by atoms with E-state index in [0.29, 0.717) is 5.56 Å². The molecule has 0 aliphatic rings. The largest absolute Gasteiger partial charge is 0.464 e. The fraction of sp³-hybridized carbons (Fsp3) is 0.455. The number of hydrogen-bond acceptors (Lipinski definition) is 5. The Kier molecular flexibility index (Phi) is 4.53. The lowest BCUT2D eigenvalue weighted by Gasteiger charge is -2.17. The lowest BCUT2D eigenvalue weighted by Crippen LogP contribution is -2.30. The molecule has 0 amide bonds. The summed E-state index contributed by atoms with van der Waals surface area (Å²) in [4.78, 5) is 14.9. The van der Waals surface area contributed by atoms with E-state index in [9.17, 15) is 19.4 Å². The first-order valence-corrected chi connectivity index (χ1v) is 5.12. The predicted molar refractivity (Wildman–Crippen MR) is 56.5 cm³/mol. The molecule has 0 aliphatic carbocycles. The first-order chi connectivity index (χ1) is 7.97. The van der Waals surface area contributed by atoms with Gasteiger partial charge in [0.1, 0.15) is 11.9 Å². The smallest absolute Gasteiger partial charge is 0.338 e. The molecule has 17 heavy (non-hydrogen) atoms. The van der Waals surface area contributed by atoms with Gasteiger partial charge in [0.15, 0.2) is 6.10 Å². The van der Waals surface area contributed by atoms with Crippen LogP contribution in [0.3, 0.4) is 0 Å². The van der Waals surface area contributed by atoms with E-state index in [0.717, 1.165) is 12.3 Å². The van der Waals surface area contributed by atoms with Crippen LogP contribution < -0.4 is 0 Å². The van der Waals surface area contributed by atoms with Crippen molar-refractivity contribution in [1.29, 1.82) is 0 Å². The molecule has 1 heterocycles. The summed E-state index contributed by atoms with van der Waals surface area (Å²) in [6.45, 7) is 3.20. The zero-order valence-electron chi connectivity index (χ0n) is 9.55. The van der Waals surface area contributed by atoms with Gasteiger partial charge in [-0.1, -0.05) is 0 Å². The maximum absolute atomic E-state index is 12.8. The van der Waals surface area contributed by atoms with Crippen molar-refractivity contribution in [2.24, 2.45) is 0 Å². The van der Waals surface area contributed by atoms with Gasteiger partial charge in [0.25, 0.3) is 0 Å². The minimum atomic E-state index is -1.73. The molecular formula is C11H14FNO4. The van der Waals surface area contributed by atoms with Crippen molar-refractivity contribution in [3.05, 3.63) is 29.3 Å². The minimum Gasteiger partial charge on any atom is -0.464 e. The van der Waals surface area contributed by atoms with Gasteiger partial charge in [-0.25, -0.2) is 9.18 Å². The Hall–Kier alpha value is -1.53. The van der Waals surface area contributed by atoms with Gasteiger partial charge in [0, 0.05) is 0 Å². The SMILES string of the molecule is CCOC(=O)C(O)C(O)c1ncc(F)cc1C. The molecule has 0 spiro atoms. The highest BCUT2D eigenvalue weighted by molar-refractivity contribution is 5.75. The van der Waals surface area contributed by atoms with Gasteiger partial charge in [-0.05, 0) is 25.5 Å². The molecule has 2 unspecified atom stereocenters. The number of aromatic nitrogens is 1. The molecule has 0 radical (unpaired) electrons. The number of hydrogen-bond donors (Lipinski definition) is 2. The van der Waals surface area contributed by atoms with Gasteiger partial charge in [-0.2, -0.15) is 0 Å². The van der Waals surface area contributed by atoms with E-state index in [-0.39, 0.29) is 12.3 Å². The van der Waals surface area contributed by atoms with Crippen LogP contribution in [-0.2, 0) is 9.53 Å². The molecule has 6 heteroatoms. The quantitative estimate of drug-likeness (QED) is 0.752. The Bertz CT molecular complexity index is 410. The average Bonchev–Trinajstić information content (AvgIpc) is 2.27. The number of esters is 1. The number of pyridine rings is 1. The highest BCUT2D eigenvalue weighted by Gasteiger charge is 2.29. The minimum absolute atomic E-state index is 0.0481. The third-order valence-corrected chi connectivity index (χ3v) is 2.19. The van der Waals surface area contributed by atoms with Gasteiger partial charge in [0.2, 0.25) is 0 Å². The normalized spacial score (nSPS) is 14.2. The summed E-state index contributed by atoms with van der Waals surface area (Å²) in [6.07, 6.45) is -2.36. The number of aliphatic hydroxyl groups excluding tert-OH is 2. The summed E-state index contributed by atoms with van der Waals surface area (Å²) in [5.41, 5.74) is 0.396. The predicted octanol–water partition coefficient (Wildman–Crippen LogP) is 0.487. The van der Waals surface area contributed by atoms with E-state index in [1.165, 1.54) is 6.92 Å². The Morgan fingerprint density at radius 1 is 1.59 bits per heavy atom. The van der Waals surface area contributed by atoms with Crippen LogP contribution in [0.15, 0.2) is 12.3 Å². The molecule has 0 aromatic carbocycles. The van der Waals surface area contributed by atoms with Crippen LogP contribution in [0.5, 0.6) is 0 Å². The molecule has 0 aliphatic heterocycles. The van der Waals surface area contributed by atoms with Crippen LogP contribution in [0.4, 0.5) is 4.39 Å². The third-order valence-electron chi connectivity index (χ3n) is 2.19. The van der Waals surface area contributed by atoms with Crippen molar-refractivity contribution < 1.29 is 24.1 Å². The molecule has 1 aromatic heterocycles. The monoisotopic (exact) mass is 243 g/mol. The standard InChI is InChI=1S/C11H14FNO4/c1-3-17-11(16)10(15)9(14)8-6(2)4-7(12)5-13-8/h4-5,9-10,14-15H,3H2,1-2H3. The van der Waals surface area contributed by atoms with Gasteiger partial charge < -0.3 is 14.9 Å². The molecule has 2 N–H and O–H groups in total. The molecule has 1 aromatic rings. The summed E-state index contributed by atoms with van der Waals surface area (Å²) in [7, 11) is 0. The first kappa shape index (κ1) is 13.5. The first-order valence-electron chi connectivity index (χ1n) is 5.12. The maximum Gasteiger partial charge on any atom is 0.338 e. The van der Waals surface area contributed by atoms with E-state index >= 15 is 0 Å². The molecule has 0 bridgehead atoms. The highest BCUT2D eigenvalue weighted by atomic mass is 19.1. The molecule has 0 fully saturated rings. The molecule has 5 nitrogen and oxygen atoms in total. The maximum atomic E-state index is 12.8. The van der Waals surface area contributed by atoms with E-state index in [1.54, 1.807) is 6.92 Å². The van der Waals surface area contributed by atoms with E-state index in [2.05, 4.69) is 9.72 Å². The Morgan fingerprint density at radius 3 is 2.76 bits per heavy atom.